The van der Waals surface area contributed by atoms with Gasteiger partial charge in [0.15, 0.2) is 0 Å². The number of para-hydroxylation sites is 1. The lowest BCUT2D eigenvalue weighted by atomic mass is 9.47. The van der Waals surface area contributed by atoms with Gasteiger partial charge >= 0.3 is 0 Å². The lowest BCUT2D eigenvalue weighted by Crippen LogP contribution is -2.61. The predicted octanol–water partition coefficient (Wildman–Crippen LogP) is 2.97. The lowest BCUT2D eigenvalue weighted by molar-refractivity contribution is -0.127. The fourth-order valence-corrected chi connectivity index (χ4v) is 5.36. The molecule has 1 aromatic rings. The van der Waals surface area contributed by atoms with Gasteiger partial charge in [0.1, 0.15) is 11.5 Å². The van der Waals surface area contributed by atoms with Gasteiger partial charge in [0.25, 0.3) is 0 Å². The van der Waals surface area contributed by atoms with Crippen LogP contribution in [-0.2, 0) is 10.2 Å². The van der Waals surface area contributed by atoms with Crippen molar-refractivity contribution in [3.63, 3.8) is 0 Å². The Kier molecular flexibility index (Phi) is 4.07. The Morgan fingerprint density at radius 1 is 1.28 bits per heavy atom. The number of nitrogens with two attached hydrogens (primary N) is 1. The molecular weight excluding hydrogens is 362 g/mol. The van der Waals surface area contributed by atoms with Crippen molar-refractivity contribution in [1.29, 1.82) is 15.8 Å². The molecule has 0 radical (unpaired) electrons. The molecule has 2 atom stereocenters. The van der Waals surface area contributed by atoms with Gasteiger partial charge in [0.2, 0.25) is 11.3 Å². The molecule has 0 bridgehead atoms. The van der Waals surface area contributed by atoms with Crippen LogP contribution >= 0.6 is 0 Å². The van der Waals surface area contributed by atoms with E-state index in [0.717, 1.165) is 12.8 Å². The highest BCUT2D eigenvalue weighted by atomic mass is 16.2. The van der Waals surface area contributed by atoms with Crippen molar-refractivity contribution in [2.45, 2.75) is 24.7 Å². The summed E-state index contributed by atoms with van der Waals surface area (Å²) in [6.45, 7) is 4.01. The molecule has 2 aliphatic carbocycles. The summed E-state index contributed by atoms with van der Waals surface area (Å²) in [5, 5.41) is 30.4. The van der Waals surface area contributed by atoms with Gasteiger partial charge < -0.3 is 10.6 Å². The van der Waals surface area contributed by atoms with E-state index in [1.54, 1.807) is 23.1 Å². The number of hydrogen-bond acceptors (Lipinski definition) is 5. The molecule has 2 N–H and O–H groups in total. The van der Waals surface area contributed by atoms with E-state index in [0.29, 0.717) is 23.2 Å². The third kappa shape index (κ3) is 1.95. The molecule has 6 heteroatoms. The fraction of sp³-hybridized carbons (Fsp3) is 0.304. The summed E-state index contributed by atoms with van der Waals surface area (Å²) in [6, 6.07) is 13.5. The number of nitrogens with zero attached hydrogens (tertiary/aromatic N) is 4. The van der Waals surface area contributed by atoms with Crippen molar-refractivity contribution >= 4 is 11.6 Å². The van der Waals surface area contributed by atoms with E-state index in [9.17, 15) is 20.6 Å². The maximum Gasteiger partial charge on any atom is 0.241 e. The minimum Gasteiger partial charge on any atom is -0.399 e. The zero-order valence-corrected chi connectivity index (χ0v) is 15.9. The molecule has 29 heavy (non-hydrogen) atoms. The van der Waals surface area contributed by atoms with Gasteiger partial charge in [-0.25, -0.2) is 0 Å². The number of fused-ring (bicyclic) bond motifs is 4. The number of nitriles is 3. The van der Waals surface area contributed by atoms with Crippen molar-refractivity contribution < 1.29 is 4.79 Å². The topological polar surface area (TPSA) is 118 Å². The van der Waals surface area contributed by atoms with Crippen LogP contribution in [0.4, 0.5) is 5.69 Å². The van der Waals surface area contributed by atoms with Crippen LogP contribution in [0.15, 0.2) is 59.8 Å². The quantitative estimate of drug-likeness (QED) is 0.790. The number of rotatable bonds is 2. The smallest absolute Gasteiger partial charge is 0.241 e. The first-order valence-corrected chi connectivity index (χ1v) is 9.50. The van der Waals surface area contributed by atoms with Gasteiger partial charge in [0.05, 0.1) is 23.4 Å². The largest absolute Gasteiger partial charge is 0.399 e. The van der Waals surface area contributed by atoms with Crippen LogP contribution < -0.4 is 10.6 Å². The molecule has 142 valence electrons. The Bertz CT molecular complexity index is 1110. The number of allylic oxidation sites excluding steroid dienone is 4. The normalized spacial score (nSPS) is 26.7. The van der Waals surface area contributed by atoms with Gasteiger partial charge in [-0.1, -0.05) is 30.4 Å². The molecule has 6 nitrogen and oxygen atoms in total. The van der Waals surface area contributed by atoms with Gasteiger partial charge in [-0.15, -0.1) is 6.58 Å². The molecule has 1 heterocycles. The Balaban J connectivity index is 2.19. The lowest BCUT2D eigenvalue weighted by Gasteiger charge is -2.49. The van der Waals surface area contributed by atoms with Crippen LogP contribution in [0.5, 0.6) is 0 Å². The number of amides is 1. The second-order valence-electron chi connectivity index (χ2n) is 7.55. The second-order valence-corrected chi connectivity index (χ2v) is 7.55. The minimum absolute atomic E-state index is 0.127. The summed E-state index contributed by atoms with van der Waals surface area (Å²) < 4.78 is 0. The third-order valence-electron chi connectivity index (χ3n) is 6.47. The van der Waals surface area contributed by atoms with Crippen LogP contribution in [-0.4, -0.2) is 12.5 Å². The average Bonchev–Trinajstić information content (AvgIpc) is 3.00. The first kappa shape index (κ1) is 18.5. The molecular formula is C23H19N5O. The van der Waals surface area contributed by atoms with Crippen LogP contribution in [0.25, 0.3) is 0 Å². The molecule has 1 spiro atoms. The number of benzene rings is 1. The van der Waals surface area contributed by atoms with Gasteiger partial charge in [-0.05, 0) is 36.5 Å². The average molecular weight is 381 g/mol. The van der Waals surface area contributed by atoms with E-state index < -0.39 is 16.7 Å². The first-order chi connectivity index (χ1) is 14.0. The van der Waals surface area contributed by atoms with E-state index in [1.165, 1.54) is 0 Å². The van der Waals surface area contributed by atoms with Crippen molar-refractivity contribution in [2.75, 3.05) is 11.4 Å². The Labute approximate surface area is 169 Å². The first-order valence-electron chi connectivity index (χ1n) is 9.50. The van der Waals surface area contributed by atoms with Gasteiger partial charge in [0, 0.05) is 18.2 Å². The maximum absolute atomic E-state index is 14.0. The summed E-state index contributed by atoms with van der Waals surface area (Å²) in [5.41, 5.74) is 4.90. The monoisotopic (exact) mass is 381 g/mol. The highest BCUT2D eigenvalue weighted by molar-refractivity contribution is 6.11. The molecule has 0 saturated carbocycles. The molecule has 1 amide bonds. The van der Waals surface area contributed by atoms with E-state index in [2.05, 4.69) is 24.8 Å². The third-order valence-corrected chi connectivity index (χ3v) is 6.47. The molecule has 1 aromatic carbocycles. The summed E-state index contributed by atoms with van der Waals surface area (Å²) in [5.74, 6) is -0.805. The van der Waals surface area contributed by atoms with Gasteiger partial charge in [-0.3, -0.25) is 4.79 Å². The summed E-state index contributed by atoms with van der Waals surface area (Å²) in [6.07, 6.45) is 5.72. The summed E-state index contributed by atoms with van der Waals surface area (Å²) in [4.78, 5) is 15.6. The van der Waals surface area contributed by atoms with E-state index in [1.807, 2.05) is 18.2 Å². The zero-order chi connectivity index (χ0) is 20.8. The van der Waals surface area contributed by atoms with Crippen LogP contribution in [0.1, 0.15) is 24.8 Å². The predicted molar refractivity (Wildman–Crippen MR) is 107 cm³/mol. The molecule has 1 aliphatic heterocycles. The highest BCUT2D eigenvalue weighted by Crippen LogP contribution is 2.64. The number of carbonyl (C=O) groups is 1. The van der Waals surface area contributed by atoms with Crippen LogP contribution in [0.2, 0.25) is 0 Å². The Hall–Kier alpha value is -3.82. The molecule has 3 aliphatic rings. The molecule has 4 rings (SSSR count). The Morgan fingerprint density at radius 2 is 2.00 bits per heavy atom. The van der Waals surface area contributed by atoms with Gasteiger partial charge in [-0.2, -0.15) is 15.8 Å². The van der Waals surface area contributed by atoms with Crippen molar-refractivity contribution in [2.24, 2.45) is 17.1 Å². The minimum atomic E-state index is -1.97. The molecule has 0 unspecified atom stereocenters. The van der Waals surface area contributed by atoms with E-state index in [4.69, 9.17) is 5.73 Å². The highest BCUT2D eigenvalue weighted by Gasteiger charge is 2.72. The van der Waals surface area contributed by atoms with Crippen LogP contribution in [0.3, 0.4) is 0 Å². The van der Waals surface area contributed by atoms with Crippen molar-refractivity contribution in [1.82, 2.24) is 0 Å². The standard InChI is InChI=1S/C23H19N5O/c1-2-11-28-19-10-6-5-9-18(19)23(21(28)29)17-8-4-3-7-15(17)16(12-24)20(27)22(23,13-25)14-26/h2,5-7,9-10,17H,1,3-4,8,11,27H2/t17-,23+/m1/s1. The molecule has 0 saturated heterocycles. The number of hydrogen-bond donors (Lipinski definition) is 1. The molecule has 0 aromatic heterocycles. The van der Waals surface area contributed by atoms with Crippen molar-refractivity contribution in [3.05, 3.63) is 65.4 Å². The summed E-state index contributed by atoms with van der Waals surface area (Å²) >= 11 is 0. The number of anilines is 1. The van der Waals surface area contributed by atoms with E-state index >= 15 is 0 Å². The van der Waals surface area contributed by atoms with Crippen molar-refractivity contribution in [3.8, 4) is 18.2 Å². The van der Waals surface area contributed by atoms with E-state index in [-0.39, 0.29) is 23.7 Å². The summed E-state index contributed by atoms with van der Waals surface area (Å²) in [7, 11) is 0. The molecule has 0 fully saturated rings. The Morgan fingerprint density at radius 3 is 2.66 bits per heavy atom. The number of carbonyl (C=O) groups excluding carboxylic acids is 1. The SMILES string of the molecule is C=CCN1C(=O)[C@@]2(c3ccccc31)[C@@H]1CCCC=C1C(C#N)=C(N)C2(C#N)C#N. The second kappa shape index (κ2) is 6.36. The fourth-order valence-electron chi connectivity index (χ4n) is 5.36. The maximum atomic E-state index is 14.0. The zero-order valence-electron chi connectivity index (χ0n) is 15.9. The van der Waals surface area contributed by atoms with Crippen LogP contribution in [0, 0.1) is 45.3 Å².